The topological polar surface area (TPSA) is 46.2 Å². The van der Waals surface area contributed by atoms with E-state index in [2.05, 4.69) is 15.9 Å². The smallest absolute Gasteiger partial charge is 0.139 e. The van der Waals surface area contributed by atoms with Crippen LogP contribution in [-0.2, 0) is 0 Å². The van der Waals surface area contributed by atoms with Crippen LogP contribution >= 0.6 is 27.5 Å². The van der Waals surface area contributed by atoms with Crippen molar-refractivity contribution in [1.82, 2.24) is 0 Å². The van der Waals surface area contributed by atoms with Gasteiger partial charge in [-0.15, -0.1) is 0 Å². The molecule has 1 saturated carbocycles. The van der Waals surface area contributed by atoms with Crippen LogP contribution in [0.3, 0.4) is 0 Å². The number of aromatic hydroxyl groups is 1. The molecule has 4 heteroatoms. The lowest BCUT2D eigenvalue weighted by Gasteiger charge is -2.14. The van der Waals surface area contributed by atoms with Crippen molar-refractivity contribution in [2.75, 3.05) is 0 Å². The molecule has 1 fully saturated rings. The molecule has 0 aliphatic heterocycles. The standard InChI is InChI=1S/C11H13BrClNO/c12-7-4-8(11(15)9(13)5-7)10(14)3-6-1-2-6/h4-6,10,15H,1-3,14H2/t10-/m1/s1. The number of benzene rings is 1. The minimum atomic E-state index is -0.118. The molecule has 3 N–H and O–H groups in total. The molecule has 82 valence electrons. The lowest BCUT2D eigenvalue weighted by Crippen LogP contribution is -2.11. The Balaban J connectivity index is 2.24. The van der Waals surface area contributed by atoms with E-state index in [-0.39, 0.29) is 11.8 Å². The third kappa shape index (κ3) is 2.65. The van der Waals surface area contributed by atoms with Crippen molar-refractivity contribution in [3.8, 4) is 5.75 Å². The molecule has 1 aromatic rings. The van der Waals surface area contributed by atoms with Gasteiger partial charge in [-0.05, 0) is 24.5 Å². The Kier molecular flexibility index (Phi) is 3.24. The minimum absolute atomic E-state index is 0.118. The SMILES string of the molecule is N[C@H](CC1CC1)c1cc(Br)cc(Cl)c1O. The summed E-state index contributed by atoms with van der Waals surface area (Å²) in [6.07, 6.45) is 3.45. The molecule has 0 heterocycles. The first kappa shape index (κ1) is 11.2. The van der Waals surface area contributed by atoms with E-state index in [0.717, 1.165) is 22.4 Å². The first-order chi connectivity index (χ1) is 7.08. The van der Waals surface area contributed by atoms with Crippen molar-refractivity contribution in [2.45, 2.75) is 25.3 Å². The molecule has 0 amide bonds. The van der Waals surface area contributed by atoms with Gasteiger partial charge in [-0.3, -0.25) is 0 Å². The van der Waals surface area contributed by atoms with Crippen molar-refractivity contribution < 1.29 is 5.11 Å². The van der Waals surface area contributed by atoms with Crippen LogP contribution in [0.25, 0.3) is 0 Å². The predicted molar refractivity (Wildman–Crippen MR) is 65.1 cm³/mol. The molecule has 0 unspecified atom stereocenters. The second-order valence-corrected chi connectivity index (χ2v) is 5.43. The first-order valence-corrected chi connectivity index (χ1v) is 6.18. The van der Waals surface area contributed by atoms with E-state index >= 15 is 0 Å². The van der Waals surface area contributed by atoms with Gasteiger partial charge in [0.15, 0.2) is 0 Å². The van der Waals surface area contributed by atoms with Crippen LogP contribution in [0, 0.1) is 5.92 Å². The van der Waals surface area contributed by atoms with Crippen molar-refractivity contribution in [2.24, 2.45) is 11.7 Å². The summed E-state index contributed by atoms with van der Waals surface area (Å²) in [6.45, 7) is 0. The van der Waals surface area contributed by atoms with Crippen molar-refractivity contribution >= 4 is 27.5 Å². The minimum Gasteiger partial charge on any atom is -0.506 e. The summed E-state index contributed by atoms with van der Waals surface area (Å²) in [6, 6.07) is 3.39. The van der Waals surface area contributed by atoms with E-state index in [4.69, 9.17) is 17.3 Å². The summed E-state index contributed by atoms with van der Waals surface area (Å²) in [5.74, 6) is 0.852. The van der Waals surface area contributed by atoms with Gasteiger partial charge in [0.25, 0.3) is 0 Å². The highest BCUT2D eigenvalue weighted by Gasteiger charge is 2.26. The molecule has 0 bridgehead atoms. The number of hydrogen-bond donors (Lipinski definition) is 2. The Bertz CT molecular complexity index is 379. The quantitative estimate of drug-likeness (QED) is 0.893. The summed E-state index contributed by atoms with van der Waals surface area (Å²) in [4.78, 5) is 0. The lowest BCUT2D eigenvalue weighted by molar-refractivity contribution is 0.455. The average Bonchev–Trinajstić information content (AvgIpc) is 2.94. The van der Waals surface area contributed by atoms with Crippen LogP contribution < -0.4 is 5.73 Å². The van der Waals surface area contributed by atoms with Gasteiger partial charge in [-0.2, -0.15) is 0 Å². The molecule has 0 spiro atoms. The molecule has 1 aliphatic rings. The second-order valence-electron chi connectivity index (χ2n) is 4.11. The fourth-order valence-corrected chi connectivity index (χ4v) is 2.54. The van der Waals surface area contributed by atoms with Gasteiger partial charge < -0.3 is 10.8 Å². The van der Waals surface area contributed by atoms with Gasteiger partial charge in [0.2, 0.25) is 0 Å². The molecule has 1 atom stereocenters. The predicted octanol–water partition coefficient (Wildman–Crippen LogP) is 3.61. The number of nitrogens with two attached hydrogens (primary N) is 1. The number of rotatable bonds is 3. The Labute approximate surface area is 103 Å². The highest BCUT2D eigenvalue weighted by Crippen LogP contribution is 2.41. The Hall–Kier alpha value is -0.250. The van der Waals surface area contributed by atoms with E-state index in [0.29, 0.717) is 5.02 Å². The highest BCUT2D eigenvalue weighted by atomic mass is 79.9. The third-order valence-electron chi connectivity index (χ3n) is 2.74. The van der Waals surface area contributed by atoms with Crippen molar-refractivity contribution in [3.63, 3.8) is 0 Å². The van der Waals surface area contributed by atoms with E-state index < -0.39 is 0 Å². The molecular weight excluding hydrogens is 277 g/mol. The largest absolute Gasteiger partial charge is 0.506 e. The van der Waals surface area contributed by atoms with Crippen LogP contribution in [0.4, 0.5) is 0 Å². The van der Waals surface area contributed by atoms with Gasteiger partial charge in [0.05, 0.1) is 5.02 Å². The van der Waals surface area contributed by atoms with Crippen LogP contribution in [-0.4, -0.2) is 5.11 Å². The second kappa shape index (κ2) is 4.32. The van der Waals surface area contributed by atoms with Crippen LogP contribution in [0.5, 0.6) is 5.75 Å². The molecule has 0 aromatic heterocycles. The van der Waals surface area contributed by atoms with Gasteiger partial charge >= 0.3 is 0 Å². The van der Waals surface area contributed by atoms with Crippen molar-refractivity contribution in [1.29, 1.82) is 0 Å². The fourth-order valence-electron chi connectivity index (χ4n) is 1.71. The zero-order valence-electron chi connectivity index (χ0n) is 8.21. The van der Waals surface area contributed by atoms with Gasteiger partial charge in [0, 0.05) is 16.1 Å². The van der Waals surface area contributed by atoms with E-state index in [9.17, 15) is 5.11 Å². The summed E-state index contributed by atoms with van der Waals surface area (Å²) >= 11 is 9.23. The lowest BCUT2D eigenvalue weighted by atomic mass is 10.0. The molecule has 0 radical (unpaired) electrons. The molecule has 1 aliphatic carbocycles. The zero-order chi connectivity index (χ0) is 11.0. The normalized spacial score (nSPS) is 17.8. The molecule has 2 rings (SSSR count). The van der Waals surface area contributed by atoms with E-state index in [1.54, 1.807) is 6.07 Å². The maximum atomic E-state index is 9.79. The zero-order valence-corrected chi connectivity index (χ0v) is 10.6. The average molecular weight is 291 g/mol. The molecule has 15 heavy (non-hydrogen) atoms. The van der Waals surface area contributed by atoms with Crippen LogP contribution in [0.1, 0.15) is 30.9 Å². The maximum absolute atomic E-state index is 9.79. The first-order valence-electron chi connectivity index (χ1n) is 5.01. The Morgan fingerprint density at radius 3 is 2.80 bits per heavy atom. The monoisotopic (exact) mass is 289 g/mol. The molecular formula is C11H13BrClNO. The highest BCUT2D eigenvalue weighted by molar-refractivity contribution is 9.10. The van der Waals surface area contributed by atoms with E-state index in [1.807, 2.05) is 6.07 Å². The fraction of sp³-hybridized carbons (Fsp3) is 0.455. The van der Waals surface area contributed by atoms with Crippen molar-refractivity contribution in [3.05, 3.63) is 27.2 Å². The van der Waals surface area contributed by atoms with Crippen LogP contribution in [0.2, 0.25) is 5.02 Å². The number of halogens is 2. The Morgan fingerprint density at radius 1 is 1.53 bits per heavy atom. The van der Waals surface area contributed by atoms with Gasteiger partial charge in [0.1, 0.15) is 5.75 Å². The summed E-state index contributed by atoms with van der Waals surface area (Å²) < 4.78 is 0.853. The molecule has 1 aromatic carbocycles. The van der Waals surface area contributed by atoms with E-state index in [1.165, 1.54) is 12.8 Å². The summed E-state index contributed by atoms with van der Waals surface area (Å²) in [5.41, 5.74) is 6.77. The third-order valence-corrected chi connectivity index (χ3v) is 3.49. The van der Waals surface area contributed by atoms with Crippen LogP contribution in [0.15, 0.2) is 16.6 Å². The Morgan fingerprint density at radius 2 is 2.20 bits per heavy atom. The molecule has 0 saturated heterocycles. The number of phenols is 1. The van der Waals surface area contributed by atoms with Gasteiger partial charge in [-0.1, -0.05) is 40.4 Å². The maximum Gasteiger partial charge on any atom is 0.139 e. The molecule has 2 nitrogen and oxygen atoms in total. The number of hydrogen-bond acceptors (Lipinski definition) is 2. The summed E-state index contributed by atoms with van der Waals surface area (Å²) in [7, 11) is 0. The number of phenolic OH excluding ortho intramolecular Hbond substituents is 1. The van der Waals surface area contributed by atoms with Gasteiger partial charge in [-0.25, -0.2) is 0 Å². The summed E-state index contributed by atoms with van der Waals surface area (Å²) in [5, 5.41) is 10.1.